The third-order valence-corrected chi connectivity index (χ3v) is 2.12. The molecule has 0 aliphatic rings. The number of nitrogens with two attached hydrogens (primary N) is 2. The first-order valence-electron chi connectivity index (χ1n) is 4.62. The highest BCUT2D eigenvalue weighted by molar-refractivity contribution is 5.69. The van der Waals surface area contributed by atoms with Gasteiger partial charge in [-0.15, -0.1) is 0 Å². The molecule has 0 saturated carbocycles. The lowest BCUT2D eigenvalue weighted by atomic mass is 10.2. The van der Waals surface area contributed by atoms with Crippen molar-refractivity contribution in [2.24, 2.45) is 0 Å². The maximum Gasteiger partial charge on any atom is 0.0922 e. The average molecular weight is 203 g/mol. The van der Waals surface area contributed by atoms with Gasteiger partial charge in [0.1, 0.15) is 0 Å². The number of nitrogens with zero attached hydrogens (tertiary/aromatic N) is 1. The number of hydrogen-bond donors (Lipinski definition) is 4. The molecule has 2 rings (SSSR count). The van der Waals surface area contributed by atoms with Crippen LogP contribution in [0.1, 0.15) is 5.69 Å². The van der Waals surface area contributed by atoms with Crippen molar-refractivity contribution < 1.29 is 0 Å². The lowest BCUT2D eigenvalue weighted by Gasteiger charge is -2.07. The minimum Gasteiger partial charge on any atom is -0.397 e. The highest BCUT2D eigenvalue weighted by atomic mass is 14.9. The second kappa shape index (κ2) is 3.91. The van der Waals surface area contributed by atoms with Gasteiger partial charge in [-0.05, 0) is 18.2 Å². The van der Waals surface area contributed by atoms with Gasteiger partial charge in [0.05, 0.1) is 29.9 Å². The zero-order chi connectivity index (χ0) is 10.7. The molecule has 0 aliphatic carbocycles. The summed E-state index contributed by atoms with van der Waals surface area (Å²) >= 11 is 0. The molecular weight excluding hydrogens is 190 g/mol. The molecule has 2 aromatic rings. The first-order valence-corrected chi connectivity index (χ1v) is 4.62. The lowest BCUT2D eigenvalue weighted by molar-refractivity contribution is 1.07. The number of nitrogens with one attached hydrogen (secondary N) is 2. The highest BCUT2D eigenvalue weighted by Gasteiger charge is 1.97. The molecule has 6 N–H and O–H groups in total. The quantitative estimate of drug-likeness (QED) is 0.564. The van der Waals surface area contributed by atoms with Crippen LogP contribution in [0.3, 0.4) is 0 Å². The van der Waals surface area contributed by atoms with Crippen LogP contribution in [-0.2, 0) is 6.54 Å². The summed E-state index contributed by atoms with van der Waals surface area (Å²) in [6, 6.07) is 5.48. The Hall–Kier alpha value is -2.17. The van der Waals surface area contributed by atoms with Gasteiger partial charge in [0.2, 0.25) is 0 Å². The molecule has 0 aliphatic heterocycles. The summed E-state index contributed by atoms with van der Waals surface area (Å²) in [5, 5.41) is 3.21. The van der Waals surface area contributed by atoms with Crippen molar-refractivity contribution >= 4 is 17.1 Å². The van der Waals surface area contributed by atoms with Gasteiger partial charge < -0.3 is 21.8 Å². The summed E-state index contributed by atoms with van der Waals surface area (Å²) in [5.41, 5.74) is 14.4. The molecule has 0 fully saturated rings. The molecule has 0 atom stereocenters. The maximum atomic E-state index is 5.68. The van der Waals surface area contributed by atoms with Gasteiger partial charge in [0, 0.05) is 11.9 Å². The second-order valence-corrected chi connectivity index (χ2v) is 3.27. The van der Waals surface area contributed by atoms with Crippen LogP contribution in [0.5, 0.6) is 0 Å². The molecule has 0 radical (unpaired) electrons. The van der Waals surface area contributed by atoms with Crippen molar-refractivity contribution in [2.75, 3.05) is 16.8 Å². The van der Waals surface area contributed by atoms with E-state index in [1.165, 1.54) is 0 Å². The number of nitrogen functional groups attached to an aromatic ring is 2. The number of imidazole rings is 1. The summed E-state index contributed by atoms with van der Waals surface area (Å²) in [7, 11) is 0. The summed E-state index contributed by atoms with van der Waals surface area (Å²) in [6.45, 7) is 0.684. The van der Waals surface area contributed by atoms with Crippen molar-refractivity contribution in [3.8, 4) is 0 Å². The van der Waals surface area contributed by atoms with Crippen LogP contribution in [0.2, 0.25) is 0 Å². The molecule has 0 spiro atoms. The second-order valence-electron chi connectivity index (χ2n) is 3.27. The third-order valence-electron chi connectivity index (χ3n) is 2.12. The van der Waals surface area contributed by atoms with Gasteiger partial charge >= 0.3 is 0 Å². The first kappa shape index (κ1) is 9.39. The molecule has 1 aromatic carbocycles. The van der Waals surface area contributed by atoms with E-state index in [1.807, 2.05) is 12.1 Å². The largest absolute Gasteiger partial charge is 0.397 e. The minimum absolute atomic E-state index is 0.588. The smallest absolute Gasteiger partial charge is 0.0922 e. The zero-order valence-corrected chi connectivity index (χ0v) is 8.20. The van der Waals surface area contributed by atoms with E-state index >= 15 is 0 Å². The number of rotatable bonds is 3. The number of anilines is 3. The molecule has 0 unspecified atom stereocenters. The fourth-order valence-corrected chi connectivity index (χ4v) is 1.26. The fraction of sp³-hybridized carbons (Fsp3) is 0.100. The number of hydrogen-bond acceptors (Lipinski definition) is 4. The van der Waals surface area contributed by atoms with Crippen LogP contribution in [0.4, 0.5) is 17.1 Å². The Labute approximate surface area is 87.5 Å². The van der Waals surface area contributed by atoms with E-state index in [1.54, 1.807) is 18.6 Å². The summed E-state index contributed by atoms with van der Waals surface area (Å²) in [6.07, 6.45) is 3.42. The molecule has 15 heavy (non-hydrogen) atoms. The lowest BCUT2D eigenvalue weighted by Crippen LogP contribution is -2.01. The fourth-order valence-electron chi connectivity index (χ4n) is 1.26. The molecule has 5 heteroatoms. The van der Waals surface area contributed by atoms with Crippen molar-refractivity contribution in [1.29, 1.82) is 0 Å². The Morgan fingerprint density at radius 1 is 1.27 bits per heavy atom. The maximum absolute atomic E-state index is 5.68. The highest BCUT2D eigenvalue weighted by Crippen LogP contribution is 2.19. The van der Waals surface area contributed by atoms with Crippen LogP contribution in [0.25, 0.3) is 0 Å². The van der Waals surface area contributed by atoms with Gasteiger partial charge in [-0.2, -0.15) is 0 Å². The van der Waals surface area contributed by atoms with Gasteiger partial charge in [-0.3, -0.25) is 0 Å². The van der Waals surface area contributed by atoms with Gasteiger partial charge in [-0.25, -0.2) is 4.98 Å². The van der Waals surface area contributed by atoms with Crippen molar-refractivity contribution in [1.82, 2.24) is 9.97 Å². The SMILES string of the molecule is Nc1ccc(NCc2cnc[nH]2)cc1N. The monoisotopic (exact) mass is 203 g/mol. The Bertz CT molecular complexity index is 435. The van der Waals surface area contributed by atoms with Gasteiger partial charge in [-0.1, -0.05) is 0 Å². The Kier molecular flexibility index (Phi) is 2.45. The van der Waals surface area contributed by atoms with Crippen molar-refractivity contribution in [3.05, 3.63) is 36.4 Å². The van der Waals surface area contributed by atoms with Crippen LogP contribution in [0.15, 0.2) is 30.7 Å². The predicted molar refractivity (Wildman–Crippen MR) is 61.2 cm³/mol. The molecule has 1 heterocycles. The van der Waals surface area contributed by atoms with Crippen molar-refractivity contribution in [2.45, 2.75) is 6.54 Å². The van der Waals surface area contributed by atoms with Crippen LogP contribution in [-0.4, -0.2) is 9.97 Å². The molecule has 0 bridgehead atoms. The van der Waals surface area contributed by atoms with Crippen LogP contribution >= 0.6 is 0 Å². The van der Waals surface area contributed by atoms with E-state index < -0.39 is 0 Å². The van der Waals surface area contributed by atoms with E-state index in [0.717, 1.165) is 11.4 Å². The van der Waals surface area contributed by atoms with Crippen LogP contribution < -0.4 is 16.8 Å². The summed E-state index contributed by atoms with van der Waals surface area (Å²) < 4.78 is 0. The number of H-pyrrole nitrogens is 1. The summed E-state index contributed by atoms with van der Waals surface area (Å²) in [4.78, 5) is 6.93. The van der Waals surface area contributed by atoms with Crippen LogP contribution in [0, 0.1) is 0 Å². The van der Waals surface area contributed by atoms with E-state index in [4.69, 9.17) is 11.5 Å². The predicted octanol–water partition coefficient (Wildman–Crippen LogP) is 1.19. The first-order chi connectivity index (χ1) is 7.25. The Morgan fingerprint density at radius 3 is 2.80 bits per heavy atom. The molecule has 1 aromatic heterocycles. The topological polar surface area (TPSA) is 92.7 Å². The Balaban J connectivity index is 2.02. The molecule has 0 saturated heterocycles. The average Bonchev–Trinajstić information content (AvgIpc) is 2.73. The van der Waals surface area contributed by atoms with Gasteiger partial charge in [0.15, 0.2) is 0 Å². The van der Waals surface area contributed by atoms with Gasteiger partial charge in [0.25, 0.3) is 0 Å². The van der Waals surface area contributed by atoms with E-state index in [0.29, 0.717) is 17.9 Å². The third kappa shape index (κ3) is 2.19. The Morgan fingerprint density at radius 2 is 2.13 bits per heavy atom. The number of aromatic amines is 1. The normalized spacial score (nSPS) is 10.1. The molecule has 0 amide bonds. The molecule has 78 valence electrons. The summed E-state index contributed by atoms with van der Waals surface area (Å²) in [5.74, 6) is 0. The van der Waals surface area contributed by atoms with E-state index in [-0.39, 0.29) is 0 Å². The molecular formula is C10H13N5. The minimum atomic E-state index is 0.588. The van der Waals surface area contributed by atoms with Crippen molar-refractivity contribution in [3.63, 3.8) is 0 Å². The molecule has 5 nitrogen and oxygen atoms in total. The number of benzene rings is 1. The van der Waals surface area contributed by atoms with E-state index in [2.05, 4.69) is 15.3 Å². The zero-order valence-electron chi connectivity index (χ0n) is 8.20. The standard InChI is InChI=1S/C10H13N5/c11-9-2-1-7(3-10(9)12)14-5-8-4-13-6-15-8/h1-4,6,14H,5,11-12H2,(H,13,15). The van der Waals surface area contributed by atoms with E-state index in [9.17, 15) is 0 Å². The number of aromatic nitrogens is 2.